The minimum atomic E-state index is 0.0200. The molecule has 1 fully saturated rings. The summed E-state index contributed by atoms with van der Waals surface area (Å²) in [6.45, 7) is 1.35. The molecule has 0 radical (unpaired) electrons. The standard InChI is InChI=1S/C24H23N9O/c1-2-6-17(7-3-1)19-10-16(11-20-22(19)28-15-33(20)21-8-4-5-9-34-21)12-25-24-26-13-18(14-27-24)23-29-31-32-30-23/h1-3,6-7,10-11,13-15,21H,4-5,8-9,12H2,(H,25,26,27)(H,29,30,31,32). The van der Waals surface area contributed by atoms with E-state index in [0.29, 0.717) is 23.9 Å². The first-order chi connectivity index (χ1) is 16.8. The lowest BCUT2D eigenvalue weighted by molar-refractivity contribution is -0.0295. The maximum atomic E-state index is 6.06. The minimum absolute atomic E-state index is 0.0200. The largest absolute Gasteiger partial charge is 0.358 e. The zero-order valence-electron chi connectivity index (χ0n) is 18.4. The molecule has 0 saturated carbocycles. The summed E-state index contributed by atoms with van der Waals surface area (Å²) in [5.74, 6) is 0.987. The average molecular weight is 454 g/mol. The number of hydrogen-bond donors (Lipinski definition) is 2. The highest BCUT2D eigenvalue weighted by Crippen LogP contribution is 2.33. The first-order valence-corrected chi connectivity index (χ1v) is 11.3. The van der Waals surface area contributed by atoms with Crippen molar-refractivity contribution in [1.29, 1.82) is 0 Å². The number of H-pyrrole nitrogens is 1. The first kappa shape index (κ1) is 20.4. The fraction of sp³-hybridized carbons (Fsp3) is 0.250. The Bertz CT molecular complexity index is 1380. The Kier molecular flexibility index (Phi) is 5.40. The Labute approximate surface area is 195 Å². The van der Waals surface area contributed by atoms with Crippen molar-refractivity contribution >= 4 is 17.0 Å². The van der Waals surface area contributed by atoms with E-state index in [2.05, 4.69) is 64.7 Å². The Morgan fingerprint density at radius 2 is 1.91 bits per heavy atom. The van der Waals surface area contributed by atoms with Gasteiger partial charge in [0.25, 0.3) is 0 Å². The van der Waals surface area contributed by atoms with Gasteiger partial charge in [-0.3, -0.25) is 0 Å². The van der Waals surface area contributed by atoms with Crippen molar-refractivity contribution in [3.05, 3.63) is 66.7 Å². The van der Waals surface area contributed by atoms with Crippen LogP contribution < -0.4 is 5.32 Å². The second kappa shape index (κ2) is 8.99. The van der Waals surface area contributed by atoms with Gasteiger partial charge in [0.2, 0.25) is 11.8 Å². The van der Waals surface area contributed by atoms with E-state index in [1.165, 1.54) is 0 Å². The van der Waals surface area contributed by atoms with Gasteiger partial charge in [-0.2, -0.15) is 5.21 Å². The van der Waals surface area contributed by atoms with Gasteiger partial charge in [0.05, 0.1) is 22.9 Å². The number of aromatic amines is 1. The Hall–Kier alpha value is -4.18. The number of ether oxygens (including phenoxy) is 1. The molecule has 10 heteroatoms. The summed E-state index contributed by atoms with van der Waals surface area (Å²) >= 11 is 0. The lowest BCUT2D eigenvalue weighted by atomic mass is 10.0. The van der Waals surface area contributed by atoms with E-state index >= 15 is 0 Å². The molecule has 0 spiro atoms. The first-order valence-electron chi connectivity index (χ1n) is 11.3. The molecule has 5 aromatic rings. The van der Waals surface area contributed by atoms with E-state index in [0.717, 1.165) is 53.6 Å². The molecule has 34 heavy (non-hydrogen) atoms. The van der Waals surface area contributed by atoms with Crippen LogP contribution in [0.15, 0.2) is 61.2 Å². The number of rotatable bonds is 6. The van der Waals surface area contributed by atoms with Crippen molar-refractivity contribution in [3.63, 3.8) is 0 Å². The van der Waals surface area contributed by atoms with Crippen LogP contribution in [-0.2, 0) is 11.3 Å². The van der Waals surface area contributed by atoms with Gasteiger partial charge in [-0.15, -0.1) is 10.2 Å². The minimum Gasteiger partial charge on any atom is -0.358 e. The summed E-state index contributed by atoms with van der Waals surface area (Å²) in [7, 11) is 0. The van der Waals surface area contributed by atoms with Crippen molar-refractivity contribution in [2.45, 2.75) is 32.0 Å². The van der Waals surface area contributed by atoms with Crippen LogP contribution in [0.3, 0.4) is 0 Å². The second-order valence-electron chi connectivity index (χ2n) is 8.23. The summed E-state index contributed by atoms with van der Waals surface area (Å²) in [6, 6.07) is 14.7. The van der Waals surface area contributed by atoms with Crippen LogP contribution in [0.1, 0.15) is 31.1 Å². The predicted octanol–water partition coefficient (Wildman–Crippen LogP) is 3.98. The molecule has 2 aromatic carbocycles. The van der Waals surface area contributed by atoms with Crippen molar-refractivity contribution in [3.8, 4) is 22.5 Å². The topological polar surface area (TPSA) is 119 Å². The maximum absolute atomic E-state index is 6.06. The van der Waals surface area contributed by atoms with E-state index in [1.807, 2.05) is 24.5 Å². The highest BCUT2D eigenvalue weighted by molar-refractivity contribution is 5.93. The fourth-order valence-electron chi connectivity index (χ4n) is 4.30. The molecule has 6 rings (SSSR count). The van der Waals surface area contributed by atoms with Gasteiger partial charge in [-0.05, 0) is 47.7 Å². The Balaban J connectivity index is 1.32. The lowest BCUT2D eigenvalue weighted by Crippen LogP contribution is -2.17. The molecule has 1 aliphatic rings. The van der Waals surface area contributed by atoms with Gasteiger partial charge in [0, 0.05) is 31.1 Å². The number of nitrogens with zero attached hydrogens (tertiary/aromatic N) is 7. The van der Waals surface area contributed by atoms with Crippen LogP contribution in [0.5, 0.6) is 0 Å². The van der Waals surface area contributed by atoms with Gasteiger partial charge in [0.15, 0.2) is 0 Å². The molecule has 4 heterocycles. The zero-order valence-corrected chi connectivity index (χ0v) is 18.4. The van der Waals surface area contributed by atoms with Crippen LogP contribution in [-0.4, -0.2) is 46.8 Å². The second-order valence-corrected chi connectivity index (χ2v) is 8.23. The molecule has 0 bridgehead atoms. The third kappa shape index (κ3) is 3.99. The van der Waals surface area contributed by atoms with E-state index in [-0.39, 0.29) is 6.23 Å². The van der Waals surface area contributed by atoms with Crippen LogP contribution in [0.2, 0.25) is 0 Å². The predicted molar refractivity (Wildman–Crippen MR) is 127 cm³/mol. The summed E-state index contributed by atoms with van der Waals surface area (Å²) in [4.78, 5) is 13.6. The molecule has 0 aliphatic carbocycles. The van der Waals surface area contributed by atoms with Gasteiger partial charge in [-0.25, -0.2) is 15.0 Å². The SMILES string of the molecule is c1ccc(-c2cc(CNc3ncc(-c4nn[nH]n4)cn3)cc3c2ncn3C2CCCCO2)cc1. The monoisotopic (exact) mass is 453 g/mol. The van der Waals surface area contributed by atoms with E-state index < -0.39 is 0 Å². The van der Waals surface area contributed by atoms with Crippen molar-refractivity contribution < 1.29 is 4.74 Å². The zero-order chi connectivity index (χ0) is 22.7. The van der Waals surface area contributed by atoms with E-state index in [1.54, 1.807) is 12.4 Å². The molecular formula is C24H23N9O. The van der Waals surface area contributed by atoms with Gasteiger partial charge in [-0.1, -0.05) is 30.3 Å². The third-order valence-electron chi connectivity index (χ3n) is 6.00. The number of benzene rings is 2. The molecule has 1 aliphatic heterocycles. The highest BCUT2D eigenvalue weighted by Gasteiger charge is 2.20. The molecule has 1 unspecified atom stereocenters. The molecular weight excluding hydrogens is 430 g/mol. The molecule has 10 nitrogen and oxygen atoms in total. The van der Waals surface area contributed by atoms with Crippen LogP contribution in [0.25, 0.3) is 33.5 Å². The number of aromatic nitrogens is 8. The van der Waals surface area contributed by atoms with Crippen LogP contribution in [0, 0.1) is 0 Å². The maximum Gasteiger partial charge on any atom is 0.222 e. The number of nitrogens with one attached hydrogen (secondary N) is 2. The lowest BCUT2D eigenvalue weighted by Gasteiger charge is -2.24. The molecule has 170 valence electrons. The summed E-state index contributed by atoms with van der Waals surface area (Å²) in [5.41, 5.74) is 6.07. The molecule has 1 atom stereocenters. The van der Waals surface area contributed by atoms with Crippen LogP contribution in [0.4, 0.5) is 5.95 Å². The number of imidazole rings is 1. The molecule has 0 amide bonds. The summed E-state index contributed by atoms with van der Waals surface area (Å²) in [5, 5.41) is 17.2. The van der Waals surface area contributed by atoms with E-state index in [4.69, 9.17) is 9.72 Å². The molecule has 1 saturated heterocycles. The van der Waals surface area contributed by atoms with Crippen molar-refractivity contribution in [1.82, 2.24) is 40.1 Å². The third-order valence-corrected chi connectivity index (χ3v) is 6.00. The molecule has 2 N–H and O–H groups in total. The fourth-order valence-corrected chi connectivity index (χ4v) is 4.30. The average Bonchev–Trinajstić information content (AvgIpc) is 3.59. The summed E-state index contributed by atoms with van der Waals surface area (Å²) < 4.78 is 8.22. The number of anilines is 1. The van der Waals surface area contributed by atoms with Gasteiger partial charge in [0.1, 0.15) is 6.23 Å². The number of tetrazole rings is 1. The highest BCUT2D eigenvalue weighted by atomic mass is 16.5. The van der Waals surface area contributed by atoms with Crippen molar-refractivity contribution in [2.75, 3.05) is 11.9 Å². The Morgan fingerprint density at radius 1 is 1.03 bits per heavy atom. The smallest absolute Gasteiger partial charge is 0.222 e. The summed E-state index contributed by atoms with van der Waals surface area (Å²) in [6.07, 6.45) is 8.54. The van der Waals surface area contributed by atoms with Crippen LogP contribution >= 0.6 is 0 Å². The number of hydrogen-bond acceptors (Lipinski definition) is 8. The quantitative estimate of drug-likeness (QED) is 0.396. The van der Waals surface area contributed by atoms with Crippen molar-refractivity contribution in [2.24, 2.45) is 0 Å². The molecule has 3 aromatic heterocycles. The van der Waals surface area contributed by atoms with Gasteiger partial charge < -0.3 is 14.6 Å². The normalized spacial score (nSPS) is 16.1. The van der Waals surface area contributed by atoms with E-state index in [9.17, 15) is 0 Å². The Morgan fingerprint density at radius 3 is 2.68 bits per heavy atom. The number of fused-ring (bicyclic) bond motifs is 1. The van der Waals surface area contributed by atoms with Gasteiger partial charge >= 0.3 is 0 Å².